The lowest BCUT2D eigenvalue weighted by Gasteiger charge is -2.13. The Kier molecular flexibility index (Phi) is 6.36. The average molecular weight is 455 g/mol. The molecule has 33 heavy (non-hydrogen) atoms. The van der Waals surface area contributed by atoms with E-state index in [0.717, 1.165) is 24.2 Å². The van der Waals surface area contributed by atoms with Crippen LogP contribution in [-0.4, -0.2) is 51.9 Å². The van der Waals surface area contributed by atoms with Crippen molar-refractivity contribution in [2.75, 3.05) is 27.2 Å². The van der Waals surface area contributed by atoms with E-state index in [4.69, 9.17) is 4.74 Å². The van der Waals surface area contributed by atoms with Crippen LogP contribution in [0.3, 0.4) is 0 Å². The zero-order valence-electron chi connectivity index (χ0n) is 18.2. The Morgan fingerprint density at radius 2 is 1.73 bits per heavy atom. The number of ether oxygens (including phenoxy) is 1. The average Bonchev–Trinajstić information content (AvgIpc) is 3.13. The van der Waals surface area contributed by atoms with Gasteiger partial charge in [0, 0.05) is 18.2 Å². The van der Waals surface area contributed by atoms with Gasteiger partial charge in [-0.3, -0.25) is 4.79 Å². The molecule has 0 spiro atoms. The highest BCUT2D eigenvalue weighted by molar-refractivity contribution is 5.75. The fourth-order valence-corrected chi connectivity index (χ4v) is 3.47. The van der Waals surface area contributed by atoms with Crippen molar-refractivity contribution in [1.29, 1.82) is 0 Å². The Hall–Kier alpha value is -3.79. The maximum atomic E-state index is 14.6. The first-order valence-electron chi connectivity index (χ1n) is 10.4. The summed E-state index contributed by atoms with van der Waals surface area (Å²) in [6.45, 7) is 1.04. The third kappa shape index (κ3) is 5.17. The predicted molar refractivity (Wildman–Crippen MR) is 121 cm³/mol. The molecule has 8 nitrogen and oxygen atoms in total. The van der Waals surface area contributed by atoms with Gasteiger partial charge in [0.1, 0.15) is 0 Å². The van der Waals surface area contributed by atoms with E-state index < -0.39 is 17.4 Å². The number of nitrogens with one attached hydrogen (secondary N) is 2. The minimum atomic E-state index is -0.837. The fourth-order valence-electron chi connectivity index (χ4n) is 3.47. The Bertz CT molecular complexity index is 1380. The summed E-state index contributed by atoms with van der Waals surface area (Å²) >= 11 is 0. The van der Waals surface area contributed by atoms with E-state index in [1.807, 2.05) is 19.0 Å². The second kappa shape index (κ2) is 9.37. The van der Waals surface area contributed by atoms with Gasteiger partial charge in [0.25, 0.3) is 5.56 Å². The van der Waals surface area contributed by atoms with Crippen molar-refractivity contribution in [2.45, 2.75) is 13.0 Å². The van der Waals surface area contributed by atoms with Gasteiger partial charge in [0.05, 0.1) is 29.9 Å². The van der Waals surface area contributed by atoms with Gasteiger partial charge in [-0.2, -0.15) is 5.10 Å². The highest BCUT2D eigenvalue weighted by atomic mass is 19.1. The molecule has 0 unspecified atom stereocenters. The summed E-state index contributed by atoms with van der Waals surface area (Å²) in [6.07, 6.45) is 0.628. The molecule has 0 radical (unpaired) electrons. The van der Waals surface area contributed by atoms with Gasteiger partial charge in [-0.25, -0.2) is 18.3 Å². The molecule has 0 bridgehead atoms. The quantitative estimate of drug-likeness (QED) is 0.399. The van der Waals surface area contributed by atoms with E-state index in [-0.39, 0.29) is 35.7 Å². The van der Waals surface area contributed by atoms with Crippen molar-refractivity contribution in [2.24, 2.45) is 0 Å². The fraction of sp³-hybridized carbons (Fsp3) is 0.261. The normalized spacial score (nSPS) is 11.4. The monoisotopic (exact) mass is 455 g/mol. The van der Waals surface area contributed by atoms with Crippen LogP contribution >= 0.6 is 0 Å². The number of aromatic amines is 2. The molecular formula is C23H23F2N5O3. The SMILES string of the molecule is CN(C)CCCOc1c(F)cc(-c2ccc(=O)n(Cc3ccc4[nH]c(=O)[nH]c4c3)n2)cc1F. The Balaban J connectivity index is 1.57. The molecule has 0 atom stereocenters. The number of rotatable bonds is 8. The molecular weight excluding hydrogens is 432 g/mol. The van der Waals surface area contributed by atoms with E-state index in [1.165, 1.54) is 16.8 Å². The molecule has 172 valence electrons. The number of halogens is 2. The van der Waals surface area contributed by atoms with E-state index in [2.05, 4.69) is 15.1 Å². The largest absolute Gasteiger partial charge is 0.488 e. The summed E-state index contributed by atoms with van der Waals surface area (Å²) < 4.78 is 35.6. The van der Waals surface area contributed by atoms with Crippen molar-refractivity contribution >= 4 is 11.0 Å². The highest BCUT2D eigenvalue weighted by Crippen LogP contribution is 2.28. The van der Waals surface area contributed by atoms with Gasteiger partial charge in [0.2, 0.25) is 0 Å². The van der Waals surface area contributed by atoms with Crippen LogP contribution in [-0.2, 0) is 6.54 Å². The number of hydrogen-bond donors (Lipinski definition) is 2. The number of H-pyrrole nitrogens is 2. The molecule has 0 aliphatic carbocycles. The maximum Gasteiger partial charge on any atom is 0.323 e. The van der Waals surface area contributed by atoms with Crippen LogP contribution in [0, 0.1) is 11.6 Å². The third-order valence-electron chi connectivity index (χ3n) is 5.07. The molecule has 0 aliphatic heterocycles. The van der Waals surface area contributed by atoms with Crippen LogP contribution in [0.25, 0.3) is 22.3 Å². The van der Waals surface area contributed by atoms with E-state index in [1.54, 1.807) is 18.2 Å². The smallest absolute Gasteiger partial charge is 0.323 e. The van der Waals surface area contributed by atoms with Crippen LogP contribution in [0.1, 0.15) is 12.0 Å². The summed E-state index contributed by atoms with van der Waals surface area (Å²) in [7, 11) is 3.81. The molecule has 2 aromatic heterocycles. The molecule has 0 saturated heterocycles. The first-order chi connectivity index (χ1) is 15.8. The van der Waals surface area contributed by atoms with Crippen molar-refractivity contribution in [3.05, 3.63) is 80.5 Å². The molecule has 2 aromatic carbocycles. The lowest BCUT2D eigenvalue weighted by atomic mass is 10.1. The summed E-state index contributed by atoms with van der Waals surface area (Å²) in [5.41, 5.74) is 1.70. The van der Waals surface area contributed by atoms with Gasteiger partial charge < -0.3 is 19.6 Å². The predicted octanol–water partition coefficient (Wildman–Crippen LogP) is 2.74. The standard InChI is InChI=1S/C23H23F2N5O3/c1-29(2)8-3-9-33-22-16(24)11-15(12-17(22)25)18-6-7-21(31)30(28-18)13-14-4-5-19-20(10-14)27-23(32)26-19/h4-7,10-12H,3,8-9,13H2,1-2H3,(H2,26,27,32). The second-order valence-corrected chi connectivity index (χ2v) is 7.95. The van der Waals surface area contributed by atoms with Crippen molar-refractivity contribution in [3.8, 4) is 17.0 Å². The molecule has 4 aromatic rings. The molecule has 2 N–H and O–H groups in total. The number of fused-ring (bicyclic) bond motifs is 1. The Morgan fingerprint density at radius 3 is 2.45 bits per heavy atom. The summed E-state index contributed by atoms with van der Waals surface area (Å²) in [6, 6.07) is 10.2. The van der Waals surface area contributed by atoms with E-state index in [0.29, 0.717) is 17.5 Å². The molecule has 4 rings (SSSR count). The van der Waals surface area contributed by atoms with E-state index in [9.17, 15) is 18.4 Å². The minimum absolute atomic E-state index is 0.119. The number of aromatic nitrogens is 4. The first-order valence-corrected chi connectivity index (χ1v) is 10.4. The van der Waals surface area contributed by atoms with Crippen molar-refractivity contribution < 1.29 is 13.5 Å². The molecule has 10 heteroatoms. The topological polar surface area (TPSA) is 96.0 Å². The summed E-state index contributed by atoms with van der Waals surface area (Å²) in [5, 5.41) is 4.27. The zero-order chi connectivity index (χ0) is 23.5. The number of hydrogen-bond acceptors (Lipinski definition) is 5. The lowest BCUT2D eigenvalue weighted by Crippen LogP contribution is -2.22. The highest BCUT2D eigenvalue weighted by Gasteiger charge is 2.15. The van der Waals surface area contributed by atoms with Crippen LogP contribution in [0.15, 0.2) is 52.1 Å². The summed E-state index contributed by atoms with van der Waals surface area (Å²) in [5.74, 6) is -2.10. The van der Waals surface area contributed by atoms with E-state index >= 15 is 0 Å². The van der Waals surface area contributed by atoms with Crippen LogP contribution in [0.2, 0.25) is 0 Å². The Labute approximate surface area is 187 Å². The van der Waals surface area contributed by atoms with Crippen LogP contribution in [0.4, 0.5) is 8.78 Å². The van der Waals surface area contributed by atoms with Gasteiger partial charge in [0.15, 0.2) is 17.4 Å². The molecule has 2 heterocycles. The van der Waals surface area contributed by atoms with Crippen molar-refractivity contribution in [1.82, 2.24) is 24.6 Å². The number of nitrogens with zero attached hydrogens (tertiary/aromatic N) is 3. The maximum absolute atomic E-state index is 14.6. The van der Waals surface area contributed by atoms with Gasteiger partial charge in [-0.15, -0.1) is 0 Å². The minimum Gasteiger partial charge on any atom is -0.488 e. The second-order valence-electron chi connectivity index (χ2n) is 7.95. The van der Waals surface area contributed by atoms with Crippen molar-refractivity contribution in [3.63, 3.8) is 0 Å². The zero-order valence-corrected chi connectivity index (χ0v) is 18.2. The molecule has 0 saturated carbocycles. The summed E-state index contributed by atoms with van der Waals surface area (Å²) in [4.78, 5) is 31.0. The number of imidazole rings is 1. The lowest BCUT2D eigenvalue weighted by molar-refractivity contribution is 0.259. The van der Waals surface area contributed by atoms with Gasteiger partial charge in [-0.05, 0) is 56.4 Å². The van der Waals surface area contributed by atoms with Gasteiger partial charge >= 0.3 is 5.69 Å². The molecule has 0 aliphatic rings. The Morgan fingerprint density at radius 1 is 1.00 bits per heavy atom. The first kappa shape index (κ1) is 22.4. The van der Waals surface area contributed by atoms with Crippen LogP contribution < -0.4 is 16.0 Å². The van der Waals surface area contributed by atoms with Gasteiger partial charge in [-0.1, -0.05) is 6.07 Å². The number of benzene rings is 2. The molecule has 0 fully saturated rings. The third-order valence-corrected chi connectivity index (χ3v) is 5.07. The molecule has 0 amide bonds. The van der Waals surface area contributed by atoms with Crippen LogP contribution in [0.5, 0.6) is 5.75 Å².